The molecule has 0 aliphatic carbocycles. The molecule has 9 aromatic carbocycles. The molecule has 0 saturated heterocycles. The van der Waals surface area contributed by atoms with Crippen LogP contribution >= 0.6 is 0 Å². The first-order valence-corrected chi connectivity index (χ1v) is 21.6. The summed E-state index contributed by atoms with van der Waals surface area (Å²) in [5, 5.41) is 17.5. The van der Waals surface area contributed by atoms with Crippen LogP contribution < -0.4 is 0 Å². The van der Waals surface area contributed by atoms with Gasteiger partial charge in [-0.15, -0.1) is 0 Å². The van der Waals surface area contributed by atoms with Crippen molar-refractivity contribution < 1.29 is 4.42 Å². The number of furan rings is 1. The van der Waals surface area contributed by atoms with E-state index in [4.69, 9.17) is 19.4 Å². The van der Waals surface area contributed by atoms with Gasteiger partial charge in [-0.05, 0) is 77.9 Å². The average molecular weight is 831 g/mol. The smallest absolute Gasteiger partial charge is 0.164 e. The molecule has 0 aliphatic heterocycles. The third-order valence-corrected chi connectivity index (χ3v) is 12.6. The Morgan fingerprint density at radius 3 is 1.71 bits per heavy atom. The van der Waals surface area contributed by atoms with Crippen molar-refractivity contribution in [2.75, 3.05) is 0 Å². The van der Waals surface area contributed by atoms with Gasteiger partial charge in [0.1, 0.15) is 17.2 Å². The molecule has 4 heterocycles. The monoisotopic (exact) mass is 830 g/mol. The molecule has 0 fully saturated rings. The fraction of sp³-hybridized carbons (Fsp3) is 0. The Morgan fingerprint density at radius 1 is 0.369 bits per heavy atom. The number of hydrogen-bond donors (Lipinski definition) is 0. The average Bonchev–Trinajstić information content (AvgIpc) is 4.03. The predicted octanol–water partition coefficient (Wildman–Crippen LogP) is 14.5. The van der Waals surface area contributed by atoms with Gasteiger partial charge >= 0.3 is 0 Å². The van der Waals surface area contributed by atoms with E-state index in [0.29, 0.717) is 28.6 Å². The summed E-state index contributed by atoms with van der Waals surface area (Å²) >= 11 is 0. The number of nitrogens with zero attached hydrogens (tertiary/aromatic N) is 6. The maximum atomic E-state index is 10.9. The second-order valence-corrected chi connectivity index (χ2v) is 16.3. The zero-order chi connectivity index (χ0) is 43.0. The number of fused-ring (bicyclic) bond motifs is 10. The molecule has 65 heavy (non-hydrogen) atoms. The molecule has 0 amide bonds. The van der Waals surface area contributed by atoms with Crippen molar-refractivity contribution in [2.24, 2.45) is 0 Å². The van der Waals surface area contributed by atoms with Gasteiger partial charge in [0.25, 0.3) is 0 Å². The van der Waals surface area contributed by atoms with Crippen LogP contribution in [-0.4, -0.2) is 24.1 Å². The van der Waals surface area contributed by atoms with E-state index in [0.717, 1.165) is 93.8 Å². The van der Waals surface area contributed by atoms with E-state index in [1.807, 2.05) is 84.9 Å². The van der Waals surface area contributed by atoms with Crippen LogP contribution in [0.25, 0.3) is 122 Å². The van der Waals surface area contributed by atoms with Crippen molar-refractivity contribution in [2.45, 2.75) is 0 Å². The molecule has 0 saturated carbocycles. The number of rotatable bonds is 6. The molecular weight excluding hydrogens is 797 g/mol. The summed E-state index contributed by atoms with van der Waals surface area (Å²) in [6, 6.07) is 73.1. The van der Waals surface area contributed by atoms with E-state index in [1.165, 1.54) is 5.39 Å². The summed E-state index contributed by atoms with van der Waals surface area (Å²) in [5.74, 6) is 1.58. The lowest BCUT2D eigenvalue weighted by Gasteiger charge is -2.13. The fourth-order valence-corrected chi connectivity index (χ4v) is 9.68. The van der Waals surface area contributed by atoms with E-state index < -0.39 is 0 Å². The molecule has 4 aromatic heterocycles. The maximum absolute atomic E-state index is 10.9. The zero-order valence-corrected chi connectivity index (χ0v) is 34.7. The van der Waals surface area contributed by atoms with Gasteiger partial charge in [0.05, 0.1) is 33.3 Å². The highest BCUT2D eigenvalue weighted by atomic mass is 16.3. The van der Waals surface area contributed by atoms with E-state index in [9.17, 15) is 5.26 Å². The van der Waals surface area contributed by atoms with E-state index in [1.54, 1.807) is 0 Å². The maximum Gasteiger partial charge on any atom is 0.164 e. The first-order chi connectivity index (χ1) is 32.2. The number of nitriles is 1. The Morgan fingerprint density at radius 2 is 0.969 bits per heavy atom. The third-order valence-electron chi connectivity index (χ3n) is 12.6. The molecule has 0 unspecified atom stereocenters. The standard InChI is InChI=1S/C58H34N6O/c59-35-41-32-40(58-61-56(37-17-6-2-7-18-37)60-57(62-58)39-20-14-19-38(31-39)36-15-4-1-5-16-36)27-28-47(41)64-48-25-12-10-23-43(48)45-33-46-53(34-51(45)64)65-52-30-29-50-54(55(46)52)44-24-11-13-26-49(44)63(50)42-21-8-3-9-22-42/h1-34H. The van der Waals surface area contributed by atoms with Gasteiger partial charge in [0.2, 0.25) is 0 Å². The number of aromatic nitrogens is 5. The second-order valence-electron chi connectivity index (χ2n) is 16.3. The minimum absolute atomic E-state index is 0.480. The summed E-state index contributed by atoms with van der Waals surface area (Å²) in [6.45, 7) is 0. The van der Waals surface area contributed by atoms with E-state index >= 15 is 0 Å². The summed E-state index contributed by atoms with van der Waals surface area (Å²) in [6.07, 6.45) is 0. The quantitative estimate of drug-likeness (QED) is 0.167. The van der Waals surface area contributed by atoms with Crippen LogP contribution in [0.4, 0.5) is 0 Å². The van der Waals surface area contributed by atoms with Crippen molar-refractivity contribution in [3.8, 4) is 62.7 Å². The lowest BCUT2D eigenvalue weighted by molar-refractivity contribution is 0.669. The molecule has 0 N–H and O–H groups in total. The highest BCUT2D eigenvalue weighted by Gasteiger charge is 2.23. The normalized spacial score (nSPS) is 11.7. The molecule has 0 bridgehead atoms. The molecule has 302 valence electrons. The van der Waals surface area contributed by atoms with Crippen LogP contribution in [0.2, 0.25) is 0 Å². The Hall–Kier alpha value is -9.12. The minimum Gasteiger partial charge on any atom is -0.456 e. The lowest BCUT2D eigenvalue weighted by atomic mass is 10.0. The highest BCUT2D eigenvalue weighted by Crippen LogP contribution is 2.44. The fourth-order valence-electron chi connectivity index (χ4n) is 9.68. The molecule has 0 aliphatic rings. The molecule has 13 rings (SSSR count). The van der Waals surface area contributed by atoms with Gasteiger partial charge in [-0.1, -0.05) is 133 Å². The van der Waals surface area contributed by atoms with Crippen LogP contribution in [0.1, 0.15) is 5.56 Å². The van der Waals surface area contributed by atoms with Gasteiger partial charge in [-0.3, -0.25) is 0 Å². The highest BCUT2D eigenvalue weighted by molar-refractivity contribution is 6.29. The number of benzene rings is 9. The van der Waals surface area contributed by atoms with E-state index in [2.05, 4.69) is 137 Å². The molecule has 0 atom stereocenters. The molecule has 7 nitrogen and oxygen atoms in total. The van der Waals surface area contributed by atoms with Gasteiger partial charge in [0.15, 0.2) is 17.5 Å². The number of para-hydroxylation sites is 3. The van der Waals surface area contributed by atoms with Crippen molar-refractivity contribution in [3.05, 3.63) is 212 Å². The Labute approximate surface area is 372 Å². The second kappa shape index (κ2) is 14.5. The largest absolute Gasteiger partial charge is 0.456 e. The molecule has 13 aromatic rings. The minimum atomic E-state index is 0.480. The topological polar surface area (TPSA) is 85.5 Å². The molecule has 0 spiro atoms. The van der Waals surface area contributed by atoms with Gasteiger partial charge < -0.3 is 13.6 Å². The van der Waals surface area contributed by atoms with Crippen LogP contribution in [0.3, 0.4) is 0 Å². The first-order valence-electron chi connectivity index (χ1n) is 21.6. The first kappa shape index (κ1) is 36.5. The van der Waals surface area contributed by atoms with Crippen molar-refractivity contribution in [1.82, 2.24) is 24.1 Å². The van der Waals surface area contributed by atoms with Gasteiger partial charge in [-0.25, -0.2) is 15.0 Å². The predicted molar refractivity (Wildman–Crippen MR) is 262 cm³/mol. The van der Waals surface area contributed by atoms with Crippen LogP contribution in [-0.2, 0) is 0 Å². The summed E-state index contributed by atoms with van der Waals surface area (Å²) in [7, 11) is 0. The van der Waals surface area contributed by atoms with Gasteiger partial charge in [-0.2, -0.15) is 5.26 Å². The lowest BCUT2D eigenvalue weighted by Crippen LogP contribution is -2.02. The van der Waals surface area contributed by atoms with Crippen LogP contribution in [0.15, 0.2) is 211 Å². The van der Waals surface area contributed by atoms with Crippen molar-refractivity contribution in [3.63, 3.8) is 0 Å². The summed E-state index contributed by atoms with van der Waals surface area (Å²) in [5.41, 5.74) is 12.8. The SMILES string of the molecule is N#Cc1cc(-c2nc(-c3ccccc3)nc(-c3cccc(-c4ccccc4)c3)n2)ccc1-n1c2ccccc2c2cc3c(cc21)oc1ccc2c(c4ccccc4n2-c2ccccc2)c13. The van der Waals surface area contributed by atoms with Crippen LogP contribution in [0, 0.1) is 11.3 Å². The molecule has 7 heteroatoms. The third kappa shape index (κ3) is 5.78. The van der Waals surface area contributed by atoms with Crippen molar-refractivity contribution in [1.29, 1.82) is 5.26 Å². The van der Waals surface area contributed by atoms with Gasteiger partial charge in [0, 0.05) is 60.8 Å². The Balaban J connectivity index is 0.992. The number of hydrogen-bond acceptors (Lipinski definition) is 5. The Kier molecular flexibility index (Phi) is 8.14. The van der Waals surface area contributed by atoms with E-state index in [-0.39, 0.29) is 0 Å². The van der Waals surface area contributed by atoms with Crippen LogP contribution in [0.5, 0.6) is 0 Å². The zero-order valence-electron chi connectivity index (χ0n) is 34.7. The Bertz CT molecular complexity index is 4070. The molecule has 0 radical (unpaired) electrons. The molecular formula is C58H34N6O. The summed E-state index contributed by atoms with van der Waals surface area (Å²) < 4.78 is 11.3. The van der Waals surface area contributed by atoms with Crippen molar-refractivity contribution >= 4 is 65.6 Å². The summed E-state index contributed by atoms with van der Waals surface area (Å²) in [4.78, 5) is 15.1.